The third kappa shape index (κ3) is 7.16. The minimum atomic E-state index is -0.364. The monoisotopic (exact) mass is 394 g/mol. The second-order valence-corrected chi connectivity index (χ2v) is 7.78. The molecule has 3 rings (SSSR count). The lowest BCUT2D eigenvalue weighted by Gasteiger charge is -2.19. The highest BCUT2D eigenvalue weighted by Crippen LogP contribution is 2.13. The number of hydrogen-bond donors (Lipinski definition) is 1. The summed E-state index contributed by atoms with van der Waals surface area (Å²) >= 11 is 1.49. The number of unbranched alkanes of at least 4 members (excludes halogenated alkanes) is 1. The maximum Gasteiger partial charge on any atom is 0.407 e. The lowest BCUT2D eigenvalue weighted by atomic mass is 9.99. The smallest absolute Gasteiger partial charge is 0.407 e. The van der Waals surface area contributed by atoms with Crippen LogP contribution in [0.5, 0.6) is 0 Å². The molecule has 1 amide bonds. The van der Waals surface area contributed by atoms with E-state index in [1.807, 2.05) is 24.3 Å². The number of nitrogens with one attached hydrogen (secondary N) is 1. The van der Waals surface area contributed by atoms with Gasteiger partial charge < -0.3 is 10.1 Å². The molecule has 0 spiro atoms. The van der Waals surface area contributed by atoms with Crippen LogP contribution in [0.1, 0.15) is 35.3 Å². The van der Waals surface area contributed by atoms with Gasteiger partial charge in [-0.1, -0.05) is 67.1 Å². The first-order chi connectivity index (χ1) is 13.8. The SMILES string of the molecule is O=C(NC(CCCCc1ccccc1)Cc1ccccc1)OCc1cncs1. The van der Waals surface area contributed by atoms with Crippen LogP contribution in [0, 0.1) is 0 Å². The lowest BCUT2D eigenvalue weighted by Crippen LogP contribution is -2.36. The molecular weight excluding hydrogens is 368 g/mol. The molecule has 0 radical (unpaired) electrons. The van der Waals surface area contributed by atoms with Crippen molar-refractivity contribution in [3.05, 3.63) is 88.4 Å². The predicted molar refractivity (Wildman–Crippen MR) is 113 cm³/mol. The molecule has 0 aliphatic heterocycles. The summed E-state index contributed by atoms with van der Waals surface area (Å²) < 4.78 is 5.35. The van der Waals surface area contributed by atoms with Gasteiger partial charge in [-0.15, -0.1) is 11.3 Å². The molecule has 0 aliphatic rings. The van der Waals surface area contributed by atoms with Gasteiger partial charge in [0.15, 0.2) is 0 Å². The highest BCUT2D eigenvalue weighted by atomic mass is 32.1. The average molecular weight is 395 g/mol. The molecule has 1 atom stereocenters. The molecular formula is C23H26N2O2S. The summed E-state index contributed by atoms with van der Waals surface area (Å²) in [4.78, 5) is 17.2. The van der Waals surface area contributed by atoms with E-state index in [1.165, 1.54) is 22.5 Å². The van der Waals surface area contributed by atoms with E-state index in [1.54, 1.807) is 11.7 Å². The van der Waals surface area contributed by atoms with Gasteiger partial charge in [-0.3, -0.25) is 4.98 Å². The second kappa shape index (κ2) is 11.2. The molecule has 28 heavy (non-hydrogen) atoms. The maximum atomic E-state index is 12.2. The fraction of sp³-hybridized carbons (Fsp3) is 0.304. The number of rotatable bonds is 10. The van der Waals surface area contributed by atoms with Crippen LogP contribution in [0.15, 0.2) is 72.4 Å². The standard InChI is InChI=1S/C23H26N2O2S/c26-23(27-17-22-16-24-18-28-22)25-21(15-20-12-5-2-6-13-20)14-8-7-11-19-9-3-1-4-10-19/h1-6,9-10,12-13,16,18,21H,7-8,11,14-15,17H2,(H,25,26). The van der Waals surface area contributed by atoms with Gasteiger partial charge in [0.2, 0.25) is 0 Å². The van der Waals surface area contributed by atoms with Crippen molar-refractivity contribution in [1.29, 1.82) is 0 Å². The molecule has 2 aromatic carbocycles. The topological polar surface area (TPSA) is 51.2 Å². The Morgan fingerprint density at radius 3 is 2.39 bits per heavy atom. The van der Waals surface area contributed by atoms with Crippen LogP contribution in [0.25, 0.3) is 0 Å². The normalized spacial score (nSPS) is 11.7. The molecule has 0 aliphatic carbocycles. The van der Waals surface area contributed by atoms with Crippen LogP contribution >= 0.6 is 11.3 Å². The number of nitrogens with zero attached hydrogens (tertiary/aromatic N) is 1. The Balaban J connectivity index is 1.48. The summed E-state index contributed by atoms with van der Waals surface area (Å²) in [5.74, 6) is 0. The van der Waals surface area contributed by atoms with Crippen molar-refractivity contribution in [1.82, 2.24) is 10.3 Å². The lowest BCUT2D eigenvalue weighted by molar-refractivity contribution is 0.136. The predicted octanol–water partition coefficient (Wildman–Crippen LogP) is 5.39. The first-order valence-electron chi connectivity index (χ1n) is 9.68. The molecule has 4 nitrogen and oxygen atoms in total. The molecule has 1 unspecified atom stereocenters. The summed E-state index contributed by atoms with van der Waals surface area (Å²) in [5.41, 5.74) is 4.32. The number of alkyl carbamates (subject to hydrolysis) is 1. The van der Waals surface area contributed by atoms with E-state index in [0.717, 1.165) is 37.0 Å². The quantitative estimate of drug-likeness (QED) is 0.469. The molecule has 3 aromatic rings. The van der Waals surface area contributed by atoms with Gasteiger partial charge in [-0.25, -0.2) is 4.79 Å². The van der Waals surface area contributed by atoms with Crippen molar-refractivity contribution in [2.24, 2.45) is 0 Å². The molecule has 0 saturated heterocycles. The average Bonchev–Trinajstić information content (AvgIpc) is 3.25. The van der Waals surface area contributed by atoms with Crippen molar-refractivity contribution in [2.75, 3.05) is 0 Å². The van der Waals surface area contributed by atoms with Crippen LogP contribution in [-0.4, -0.2) is 17.1 Å². The number of carbonyl (C=O) groups excluding carboxylic acids is 1. The van der Waals surface area contributed by atoms with Gasteiger partial charge in [0.1, 0.15) is 6.61 Å². The number of thiazole rings is 1. The highest BCUT2D eigenvalue weighted by molar-refractivity contribution is 7.09. The van der Waals surface area contributed by atoms with E-state index in [-0.39, 0.29) is 18.7 Å². The Morgan fingerprint density at radius 1 is 1.00 bits per heavy atom. The number of benzene rings is 2. The van der Waals surface area contributed by atoms with Crippen LogP contribution in [0.4, 0.5) is 4.79 Å². The van der Waals surface area contributed by atoms with Crippen molar-refractivity contribution in [3.8, 4) is 0 Å². The van der Waals surface area contributed by atoms with E-state index in [2.05, 4.69) is 46.7 Å². The zero-order valence-corrected chi connectivity index (χ0v) is 16.7. The summed E-state index contributed by atoms with van der Waals surface area (Å²) in [6.45, 7) is 0.266. The number of aryl methyl sites for hydroxylation is 1. The van der Waals surface area contributed by atoms with Crippen LogP contribution < -0.4 is 5.32 Å². The minimum Gasteiger partial charge on any atom is -0.444 e. The molecule has 5 heteroatoms. The number of carbonyl (C=O) groups is 1. The number of aromatic nitrogens is 1. The molecule has 0 fully saturated rings. The largest absolute Gasteiger partial charge is 0.444 e. The Labute approximate surface area is 170 Å². The van der Waals surface area contributed by atoms with Gasteiger partial charge >= 0.3 is 6.09 Å². The van der Waals surface area contributed by atoms with E-state index in [9.17, 15) is 4.79 Å². The van der Waals surface area contributed by atoms with Crippen LogP contribution in [-0.2, 0) is 24.2 Å². The molecule has 0 bridgehead atoms. The summed E-state index contributed by atoms with van der Waals surface area (Å²) in [6, 6.07) is 20.9. The third-order valence-corrected chi connectivity index (χ3v) is 5.34. The molecule has 146 valence electrons. The number of ether oxygens (including phenoxy) is 1. The van der Waals surface area contributed by atoms with E-state index < -0.39 is 0 Å². The summed E-state index contributed by atoms with van der Waals surface area (Å²) in [7, 11) is 0. The molecule has 1 N–H and O–H groups in total. The fourth-order valence-electron chi connectivity index (χ4n) is 3.15. The maximum absolute atomic E-state index is 12.2. The zero-order valence-electron chi connectivity index (χ0n) is 15.9. The van der Waals surface area contributed by atoms with Crippen molar-refractivity contribution < 1.29 is 9.53 Å². The summed E-state index contributed by atoms with van der Waals surface area (Å²) in [5, 5.41) is 3.05. The van der Waals surface area contributed by atoms with E-state index >= 15 is 0 Å². The second-order valence-electron chi connectivity index (χ2n) is 6.81. The van der Waals surface area contributed by atoms with Gasteiger partial charge in [0, 0.05) is 12.2 Å². The Bertz CT molecular complexity index is 807. The Kier molecular flexibility index (Phi) is 8.07. The molecule has 1 aromatic heterocycles. The van der Waals surface area contributed by atoms with Gasteiger partial charge in [-0.2, -0.15) is 0 Å². The number of hydrogen-bond acceptors (Lipinski definition) is 4. The first kappa shape index (κ1) is 20.1. The van der Waals surface area contributed by atoms with Gasteiger partial charge in [-0.05, 0) is 36.8 Å². The third-order valence-electron chi connectivity index (χ3n) is 4.59. The molecule has 0 saturated carbocycles. The Hall–Kier alpha value is -2.66. The van der Waals surface area contributed by atoms with Crippen LogP contribution in [0.2, 0.25) is 0 Å². The number of amides is 1. The van der Waals surface area contributed by atoms with E-state index in [4.69, 9.17) is 4.74 Å². The van der Waals surface area contributed by atoms with Crippen molar-refractivity contribution in [2.45, 2.75) is 44.8 Å². The van der Waals surface area contributed by atoms with Crippen molar-refractivity contribution >= 4 is 17.4 Å². The highest BCUT2D eigenvalue weighted by Gasteiger charge is 2.14. The van der Waals surface area contributed by atoms with Crippen molar-refractivity contribution in [3.63, 3.8) is 0 Å². The molecule has 1 heterocycles. The fourth-order valence-corrected chi connectivity index (χ4v) is 3.65. The van der Waals surface area contributed by atoms with E-state index in [0.29, 0.717) is 0 Å². The van der Waals surface area contributed by atoms with Gasteiger partial charge in [0.05, 0.1) is 10.4 Å². The minimum absolute atomic E-state index is 0.0622. The summed E-state index contributed by atoms with van der Waals surface area (Å²) in [6.07, 6.45) is 6.32. The first-order valence-corrected chi connectivity index (χ1v) is 10.6. The Morgan fingerprint density at radius 2 is 1.71 bits per heavy atom. The van der Waals surface area contributed by atoms with Gasteiger partial charge in [0.25, 0.3) is 0 Å². The van der Waals surface area contributed by atoms with Crippen LogP contribution in [0.3, 0.4) is 0 Å². The zero-order chi connectivity index (χ0) is 19.4.